The second-order valence-electron chi connectivity index (χ2n) is 6.89. The molecule has 0 bridgehead atoms. The van der Waals surface area contributed by atoms with E-state index in [4.69, 9.17) is 4.74 Å². The first-order chi connectivity index (χ1) is 15.6. The fourth-order valence-electron chi connectivity index (χ4n) is 3.08. The Kier molecular flexibility index (Phi) is 6.67. The minimum absolute atomic E-state index is 0.0137. The summed E-state index contributed by atoms with van der Waals surface area (Å²) < 4.78 is 7.13. The van der Waals surface area contributed by atoms with E-state index < -0.39 is 0 Å². The van der Waals surface area contributed by atoms with Gasteiger partial charge in [0, 0.05) is 34.9 Å². The van der Waals surface area contributed by atoms with Crippen LogP contribution in [0.3, 0.4) is 0 Å². The molecule has 4 rings (SSSR count). The third-order valence-corrected chi connectivity index (χ3v) is 5.76. The van der Waals surface area contributed by atoms with E-state index in [9.17, 15) is 9.59 Å². The molecule has 0 aliphatic rings. The van der Waals surface area contributed by atoms with Crippen molar-refractivity contribution in [2.45, 2.75) is 5.16 Å². The van der Waals surface area contributed by atoms with E-state index in [0.717, 1.165) is 16.6 Å². The third kappa shape index (κ3) is 5.07. The number of hydrogen-bond donors (Lipinski definition) is 1. The molecule has 0 aliphatic carbocycles. The number of rotatable bonds is 8. The zero-order valence-electron chi connectivity index (χ0n) is 17.4. The van der Waals surface area contributed by atoms with Crippen LogP contribution in [0.4, 0.5) is 5.69 Å². The normalized spacial score (nSPS) is 10.5. The largest absolute Gasteiger partial charge is 0.497 e. The van der Waals surface area contributed by atoms with Crippen molar-refractivity contribution in [3.8, 4) is 11.4 Å². The summed E-state index contributed by atoms with van der Waals surface area (Å²) in [5, 5.41) is 3.57. The molecule has 1 heterocycles. The van der Waals surface area contributed by atoms with Crippen molar-refractivity contribution in [3.63, 3.8) is 0 Å². The maximum absolute atomic E-state index is 12.7. The molecule has 0 saturated carbocycles. The minimum atomic E-state index is -0.189. The van der Waals surface area contributed by atoms with Gasteiger partial charge in [-0.3, -0.25) is 14.2 Å². The molecule has 7 heteroatoms. The number of ketones is 1. The summed E-state index contributed by atoms with van der Waals surface area (Å²) in [7, 11) is 1.63. The summed E-state index contributed by atoms with van der Waals surface area (Å²) in [5.74, 6) is 0.829. The van der Waals surface area contributed by atoms with Crippen molar-refractivity contribution in [1.29, 1.82) is 0 Å². The first-order valence-electron chi connectivity index (χ1n) is 9.94. The van der Waals surface area contributed by atoms with Gasteiger partial charge in [-0.15, -0.1) is 0 Å². The van der Waals surface area contributed by atoms with Crippen molar-refractivity contribution >= 4 is 29.1 Å². The Morgan fingerprint density at radius 3 is 2.34 bits per heavy atom. The van der Waals surface area contributed by atoms with Gasteiger partial charge >= 0.3 is 0 Å². The Morgan fingerprint density at radius 2 is 1.66 bits per heavy atom. The van der Waals surface area contributed by atoms with Crippen molar-refractivity contribution in [3.05, 3.63) is 102 Å². The predicted molar refractivity (Wildman–Crippen MR) is 126 cm³/mol. The smallest absolute Gasteiger partial charge is 0.255 e. The highest BCUT2D eigenvalue weighted by molar-refractivity contribution is 7.99. The number of ether oxygens (including phenoxy) is 1. The van der Waals surface area contributed by atoms with Gasteiger partial charge < -0.3 is 10.1 Å². The number of nitrogens with zero attached hydrogens (tertiary/aromatic N) is 2. The van der Waals surface area contributed by atoms with Crippen molar-refractivity contribution < 1.29 is 14.3 Å². The lowest BCUT2D eigenvalue weighted by atomic mass is 10.1. The maximum Gasteiger partial charge on any atom is 0.255 e. The van der Waals surface area contributed by atoms with E-state index >= 15 is 0 Å². The molecule has 0 unspecified atom stereocenters. The van der Waals surface area contributed by atoms with Crippen LogP contribution in [-0.2, 0) is 0 Å². The average Bonchev–Trinajstić information content (AvgIpc) is 3.32. The minimum Gasteiger partial charge on any atom is -0.497 e. The van der Waals surface area contributed by atoms with Crippen LogP contribution in [0.15, 0.2) is 96.4 Å². The highest BCUT2D eigenvalue weighted by atomic mass is 32.2. The van der Waals surface area contributed by atoms with E-state index in [1.165, 1.54) is 11.8 Å². The van der Waals surface area contributed by atoms with Crippen molar-refractivity contribution in [1.82, 2.24) is 9.55 Å². The number of anilines is 1. The number of nitrogens with one attached hydrogen (secondary N) is 1. The molecule has 0 aliphatic heterocycles. The van der Waals surface area contributed by atoms with Crippen LogP contribution in [0.1, 0.15) is 20.7 Å². The lowest BCUT2D eigenvalue weighted by Crippen LogP contribution is -2.12. The van der Waals surface area contributed by atoms with Gasteiger partial charge in [0.05, 0.1) is 12.9 Å². The standard InChI is InChI=1S/C25H21N3O3S/c1-31-22-13-11-21(12-14-22)28-16-15-26-25(28)32-17-23(29)18-7-9-20(10-8-18)27-24(30)19-5-3-2-4-6-19/h2-16H,17H2,1H3,(H,27,30). The number of carbonyl (C=O) groups is 2. The Balaban J connectivity index is 1.37. The highest BCUT2D eigenvalue weighted by Gasteiger charge is 2.12. The molecule has 160 valence electrons. The molecule has 4 aromatic rings. The Morgan fingerprint density at radius 1 is 0.938 bits per heavy atom. The molecular formula is C25H21N3O3S. The number of imidazole rings is 1. The molecule has 0 atom stereocenters. The number of thioether (sulfide) groups is 1. The zero-order chi connectivity index (χ0) is 22.3. The van der Waals surface area contributed by atoms with E-state index in [1.54, 1.807) is 49.7 Å². The van der Waals surface area contributed by atoms with Gasteiger partial charge in [-0.1, -0.05) is 30.0 Å². The second kappa shape index (κ2) is 9.98. The highest BCUT2D eigenvalue weighted by Crippen LogP contribution is 2.23. The molecule has 6 nitrogen and oxygen atoms in total. The first kappa shape index (κ1) is 21.4. The van der Waals surface area contributed by atoms with Gasteiger partial charge in [-0.05, 0) is 60.7 Å². The SMILES string of the molecule is COc1ccc(-n2ccnc2SCC(=O)c2ccc(NC(=O)c3ccccc3)cc2)cc1. The maximum atomic E-state index is 12.7. The topological polar surface area (TPSA) is 73.2 Å². The number of benzene rings is 3. The van der Waals surface area contributed by atoms with Crippen molar-refractivity contribution in [2.24, 2.45) is 0 Å². The summed E-state index contributed by atoms with van der Waals surface area (Å²) in [5.41, 5.74) is 2.74. The molecule has 32 heavy (non-hydrogen) atoms. The molecule has 3 aromatic carbocycles. The summed E-state index contributed by atoms with van der Waals surface area (Å²) >= 11 is 1.37. The average molecular weight is 444 g/mol. The van der Waals surface area contributed by atoms with E-state index in [2.05, 4.69) is 10.3 Å². The van der Waals surface area contributed by atoms with Crippen LogP contribution in [0.25, 0.3) is 5.69 Å². The van der Waals surface area contributed by atoms with Crippen LogP contribution in [-0.4, -0.2) is 34.1 Å². The monoisotopic (exact) mass is 443 g/mol. The molecule has 0 saturated heterocycles. The molecule has 1 aromatic heterocycles. The van der Waals surface area contributed by atoms with Gasteiger partial charge in [0.25, 0.3) is 5.91 Å². The van der Waals surface area contributed by atoms with E-state index in [0.29, 0.717) is 16.8 Å². The van der Waals surface area contributed by atoms with E-state index in [-0.39, 0.29) is 17.4 Å². The molecule has 1 N–H and O–H groups in total. The van der Waals surface area contributed by atoms with Crippen LogP contribution >= 0.6 is 11.8 Å². The number of hydrogen-bond acceptors (Lipinski definition) is 5. The molecule has 0 radical (unpaired) electrons. The van der Waals surface area contributed by atoms with Gasteiger partial charge in [0.15, 0.2) is 10.9 Å². The predicted octanol–water partition coefficient (Wildman–Crippen LogP) is 5.11. The van der Waals surface area contributed by atoms with Crippen molar-refractivity contribution in [2.75, 3.05) is 18.2 Å². The number of carbonyl (C=O) groups excluding carboxylic acids is 2. The number of amides is 1. The molecule has 1 amide bonds. The lowest BCUT2D eigenvalue weighted by molar-refractivity contribution is 0.101. The number of methoxy groups -OCH3 is 1. The van der Waals surface area contributed by atoms with Gasteiger partial charge in [-0.2, -0.15) is 0 Å². The fraction of sp³-hybridized carbons (Fsp3) is 0.0800. The molecular weight excluding hydrogens is 422 g/mol. The molecule has 0 spiro atoms. The zero-order valence-corrected chi connectivity index (χ0v) is 18.2. The van der Waals surface area contributed by atoms with Crippen LogP contribution in [0.2, 0.25) is 0 Å². The first-order valence-corrected chi connectivity index (χ1v) is 10.9. The van der Waals surface area contributed by atoms with Crippen LogP contribution < -0.4 is 10.1 Å². The van der Waals surface area contributed by atoms with Gasteiger partial charge in [0.1, 0.15) is 5.75 Å². The quantitative estimate of drug-likeness (QED) is 0.303. The Hall–Kier alpha value is -3.84. The number of aromatic nitrogens is 2. The van der Waals surface area contributed by atoms with Crippen LogP contribution in [0.5, 0.6) is 5.75 Å². The summed E-state index contributed by atoms with van der Waals surface area (Å²) in [6.07, 6.45) is 3.57. The second-order valence-corrected chi connectivity index (χ2v) is 7.83. The fourth-order valence-corrected chi connectivity index (χ4v) is 3.95. The van der Waals surface area contributed by atoms with E-state index in [1.807, 2.05) is 53.2 Å². The summed E-state index contributed by atoms with van der Waals surface area (Å²) in [4.78, 5) is 29.3. The summed E-state index contributed by atoms with van der Waals surface area (Å²) in [6, 6.07) is 23.5. The third-order valence-electron chi connectivity index (χ3n) is 4.79. The summed E-state index contributed by atoms with van der Waals surface area (Å²) in [6.45, 7) is 0. The molecule has 0 fully saturated rings. The number of Topliss-reactive ketones (excluding diaryl/α,β-unsaturated/α-hetero) is 1. The van der Waals surface area contributed by atoms with Gasteiger partial charge in [-0.25, -0.2) is 4.98 Å². The van der Waals surface area contributed by atoms with Crippen LogP contribution in [0, 0.1) is 0 Å². The Bertz CT molecular complexity index is 1200. The van der Waals surface area contributed by atoms with Gasteiger partial charge in [0.2, 0.25) is 0 Å². The Labute approximate surface area is 190 Å². The lowest BCUT2D eigenvalue weighted by Gasteiger charge is -2.09.